The van der Waals surface area contributed by atoms with E-state index in [-0.39, 0.29) is 5.97 Å². The molecule has 26 heavy (non-hydrogen) atoms. The van der Waals surface area contributed by atoms with Crippen molar-refractivity contribution in [3.63, 3.8) is 0 Å². The Labute approximate surface area is 152 Å². The topological polar surface area (TPSA) is 40.5 Å². The van der Waals surface area contributed by atoms with Gasteiger partial charge in [0.15, 0.2) is 0 Å². The van der Waals surface area contributed by atoms with Crippen molar-refractivity contribution < 1.29 is 14.3 Å². The highest BCUT2D eigenvalue weighted by Crippen LogP contribution is 2.34. The Hall–Kier alpha value is -3.01. The average molecular weight is 347 g/mol. The van der Waals surface area contributed by atoms with E-state index >= 15 is 0 Å². The molecule has 0 amide bonds. The molecule has 3 aromatic rings. The Morgan fingerprint density at radius 1 is 1.12 bits per heavy atom. The quantitative estimate of drug-likeness (QED) is 0.501. The van der Waals surface area contributed by atoms with Gasteiger partial charge in [-0.15, -0.1) is 0 Å². The average Bonchev–Trinajstić information content (AvgIpc) is 3.21. The van der Waals surface area contributed by atoms with E-state index in [9.17, 15) is 4.79 Å². The van der Waals surface area contributed by atoms with Crippen LogP contribution in [0.1, 0.15) is 24.6 Å². The van der Waals surface area contributed by atoms with Gasteiger partial charge in [-0.05, 0) is 43.5 Å². The Kier molecular flexibility index (Phi) is 4.48. The van der Waals surface area contributed by atoms with Crippen molar-refractivity contribution in [2.24, 2.45) is 0 Å². The highest BCUT2D eigenvalue weighted by molar-refractivity contribution is 5.93. The summed E-state index contributed by atoms with van der Waals surface area (Å²) in [5.41, 5.74) is 4.40. The maximum Gasteiger partial charge on any atom is 0.332 e. The van der Waals surface area contributed by atoms with E-state index in [2.05, 4.69) is 16.7 Å². The first-order chi connectivity index (χ1) is 12.7. The van der Waals surface area contributed by atoms with Gasteiger partial charge in [0.25, 0.3) is 0 Å². The standard InChI is InChI=1S/C22H21NO3/c1-2-25-22(24)13-19-10-9-18-12-17-8-11-20(14-21(17)23(18)19)26-15-16-6-4-3-5-7-16/h3-8,11-14H,2,9-10,15H2,1H3. The number of esters is 1. The molecule has 0 aliphatic carbocycles. The highest BCUT2D eigenvalue weighted by atomic mass is 16.5. The monoisotopic (exact) mass is 347 g/mol. The second kappa shape index (κ2) is 7.08. The van der Waals surface area contributed by atoms with Crippen molar-refractivity contribution in [1.82, 2.24) is 4.57 Å². The van der Waals surface area contributed by atoms with Crippen LogP contribution < -0.4 is 4.74 Å². The molecule has 0 N–H and O–H groups in total. The summed E-state index contributed by atoms with van der Waals surface area (Å²) in [6, 6.07) is 18.4. The summed E-state index contributed by atoms with van der Waals surface area (Å²) in [4.78, 5) is 11.9. The van der Waals surface area contributed by atoms with E-state index < -0.39 is 0 Å². The molecular weight excluding hydrogens is 326 g/mol. The van der Waals surface area contributed by atoms with Crippen LogP contribution in [0.3, 0.4) is 0 Å². The van der Waals surface area contributed by atoms with Gasteiger partial charge < -0.3 is 14.0 Å². The first-order valence-corrected chi connectivity index (χ1v) is 8.93. The van der Waals surface area contributed by atoms with Gasteiger partial charge in [0.1, 0.15) is 12.4 Å². The number of benzene rings is 2. The van der Waals surface area contributed by atoms with Crippen molar-refractivity contribution in [3.05, 3.63) is 71.9 Å². The van der Waals surface area contributed by atoms with Crippen LogP contribution in [-0.4, -0.2) is 17.1 Å². The molecule has 132 valence electrons. The lowest BCUT2D eigenvalue weighted by molar-refractivity contribution is -0.137. The number of rotatable bonds is 5. The minimum atomic E-state index is -0.284. The van der Waals surface area contributed by atoms with Crippen LogP contribution in [-0.2, 0) is 22.6 Å². The first-order valence-electron chi connectivity index (χ1n) is 8.93. The number of aromatic nitrogens is 1. The van der Waals surface area contributed by atoms with Crippen molar-refractivity contribution in [1.29, 1.82) is 0 Å². The Bertz CT molecular complexity index is 970. The number of hydrogen-bond acceptors (Lipinski definition) is 3. The lowest BCUT2D eigenvalue weighted by Gasteiger charge is -2.09. The highest BCUT2D eigenvalue weighted by Gasteiger charge is 2.20. The first kappa shape index (κ1) is 16.5. The van der Waals surface area contributed by atoms with Crippen LogP contribution in [0, 0.1) is 0 Å². The molecule has 0 radical (unpaired) electrons. The molecule has 1 aliphatic heterocycles. The van der Waals surface area contributed by atoms with Crippen LogP contribution in [0.5, 0.6) is 5.75 Å². The summed E-state index contributed by atoms with van der Waals surface area (Å²) in [5.74, 6) is 0.540. The van der Waals surface area contributed by atoms with E-state index in [1.54, 1.807) is 6.08 Å². The lowest BCUT2D eigenvalue weighted by Crippen LogP contribution is -2.02. The molecule has 4 nitrogen and oxygen atoms in total. The summed E-state index contributed by atoms with van der Waals surface area (Å²) in [5, 5.41) is 1.15. The summed E-state index contributed by atoms with van der Waals surface area (Å²) in [6.45, 7) is 2.74. The predicted octanol–water partition coefficient (Wildman–Crippen LogP) is 4.57. The summed E-state index contributed by atoms with van der Waals surface area (Å²) >= 11 is 0. The van der Waals surface area contributed by atoms with Crippen molar-refractivity contribution in [2.75, 3.05) is 6.61 Å². The van der Waals surface area contributed by atoms with E-state index in [0.29, 0.717) is 13.2 Å². The van der Waals surface area contributed by atoms with Gasteiger partial charge in [-0.1, -0.05) is 30.3 Å². The number of aryl methyl sites for hydroxylation is 1. The molecular formula is C22H21NO3. The molecule has 4 heteroatoms. The SMILES string of the molecule is CCOC(=O)C=C1CCc2cc3ccc(OCc4ccccc4)cc3n21. The zero-order chi connectivity index (χ0) is 17.9. The van der Waals surface area contributed by atoms with Crippen LogP contribution in [0.15, 0.2) is 60.7 Å². The fourth-order valence-corrected chi connectivity index (χ4v) is 3.42. The van der Waals surface area contributed by atoms with Gasteiger partial charge in [0.05, 0.1) is 12.1 Å². The maximum atomic E-state index is 11.9. The van der Waals surface area contributed by atoms with Crippen molar-refractivity contribution in [3.8, 4) is 5.75 Å². The largest absolute Gasteiger partial charge is 0.489 e. The third-order valence-electron chi connectivity index (χ3n) is 4.60. The fourth-order valence-electron chi connectivity index (χ4n) is 3.42. The van der Waals surface area contributed by atoms with E-state index in [1.165, 1.54) is 5.69 Å². The number of allylic oxidation sites excluding steroid dienone is 1. The molecule has 0 unspecified atom stereocenters. The molecule has 0 saturated heterocycles. The molecule has 2 aromatic carbocycles. The lowest BCUT2D eigenvalue weighted by atomic mass is 10.2. The van der Waals surface area contributed by atoms with Crippen LogP contribution in [0.2, 0.25) is 0 Å². The Morgan fingerprint density at radius 2 is 1.96 bits per heavy atom. The molecule has 1 aliphatic rings. The van der Waals surface area contributed by atoms with Crippen LogP contribution in [0.25, 0.3) is 16.6 Å². The number of nitrogens with zero attached hydrogens (tertiary/aromatic N) is 1. The van der Waals surface area contributed by atoms with Gasteiger partial charge in [0.2, 0.25) is 0 Å². The molecule has 1 aromatic heterocycles. The second-order valence-electron chi connectivity index (χ2n) is 6.35. The number of hydrogen-bond donors (Lipinski definition) is 0. The molecule has 0 saturated carbocycles. The molecule has 0 fully saturated rings. The third kappa shape index (κ3) is 3.23. The normalized spacial score (nSPS) is 14.6. The van der Waals surface area contributed by atoms with Crippen LogP contribution >= 0.6 is 0 Å². The van der Waals surface area contributed by atoms with Crippen LogP contribution in [0.4, 0.5) is 0 Å². The number of fused-ring (bicyclic) bond motifs is 3. The smallest absolute Gasteiger partial charge is 0.332 e. The number of carbonyl (C=O) groups excluding carboxylic acids is 1. The summed E-state index contributed by atoms with van der Waals surface area (Å²) in [7, 11) is 0. The van der Waals surface area contributed by atoms with Gasteiger partial charge in [-0.25, -0.2) is 4.79 Å². The summed E-state index contributed by atoms with van der Waals surface area (Å²) in [6.07, 6.45) is 3.39. The van der Waals surface area contributed by atoms with Gasteiger partial charge in [0, 0.05) is 28.9 Å². The van der Waals surface area contributed by atoms with Gasteiger partial charge in [-0.3, -0.25) is 0 Å². The zero-order valence-corrected chi connectivity index (χ0v) is 14.8. The van der Waals surface area contributed by atoms with E-state index in [1.807, 2.05) is 49.4 Å². The molecule has 4 rings (SSSR count). The number of carbonyl (C=O) groups is 1. The second-order valence-corrected chi connectivity index (χ2v) is 6.35. The Morgan fingerprint density at radius 3 is 2.77 bits per heavy atom. The predicted molar refractivity (Wildman–Crippen MR) is 102 cm³/mol. The molecule has 0 atom stereocenters. The molecule has 0 bridgehead atoms. The minimum Gasteiger partial charge on any atom is -0.489 e. The van der Waals surface area contributed by atoms with E-state index in [4.69, 9.17) is 9.47 Å². The maximum absolute atomic E-state index is 11.9. The summed E-state index contributed by atoms with van der Waals surface area (Å²) < 4.78 is 13.2. The Balaban J connectivity index is 1.63. The molecule has 0 spiro atoms. The van der Waals surface area contributed by atoms with E-state index in [0.717, 1.165) is 40.8 Å². The van der Waals surface area contributed by atoms with Crippen molar-refractivity contribution in [2.45, 2.75) is 26.4 Å². The third-order valence-corrected chi connectivity index (χ3v) is 4.60. The molecule has 2 heterocycles. The zero-order valence-electron chi connectivity index (χ0n) is 14.8. The van der Waals surface area contributed by atoms with Gasteiger partial charge >= 0.3 is 5.97 Å². The minimum absolute atomic E-state index is 0.284. The van der Waals surface area contributed by atoms with Crippen molar-refractivity contribution >= 4 is 22.6 Å². The number of ether oxygens (including phenoxy) is 2. The van der Waals surface area contributed by atoms with Gasteiger partial charge in [-0.2, -0.15) is 0 Å². The fraction of sp³-hybridized carbons (Fsp3) is 0.227.